The smallest absolute Gasteiger partial charge is 0.330 e. The van der Waals surface area contributed by atoms with Crippen molar-refractivity contribution in [3.8, 4) is 0 Å². The number of rotatable bonds is 18. The Labute approximate surface area is 177 Å². The summed E-state index contributed by atoms with van der Waals surface area (Å²) < 4.78 is 5.00. The monoisotopic (exact) mass is 400 g/mol. The minimum Gasteiger partial charge on any atom is -0.454 e. The van der Waals surface area contributed by atoms with Crippen molar-refractivity contribution in [3.63, 3.8) is 0 Å². The van der Waals surface area contributed by atoms with Crippen LogP contribution in [0.15, 0.2) is 42.5 Å². The zero-order valence-electron chi connectivity index (χ0n) is 18.4. The zero-order chi connectivity index (χ0) is 21.0. The summed E-state index contributed by atoms with van der Waals surface area (Å²) in [4.78, 5) is 23.5. The number of ether oxygens (including phenoxy) is 1. The molecule has 0 unspecified atom stereocenters. The molecule has 0 bridgehead atoms. The van der Waals surface area contributed by atoms with Gasteiger partial charge in [-0.2, -0.15) is 0 Å². The highest BCUT2D eigenvalue weighted by Gasteiger charge is 2.07. The van der Waals surface area contributed by atoms with Gasteiger partial charge >= 0.3 is 5.97 Å². The van der Waals surface area contributed by atoms with Gasteiger partial charge in [-0.25, -0.2) is 4.79 Å². The van der Waals surface area contributed by atoms with Crippen LogP contribution in [0, 0.1) is 0 Å². The van der Waals surface area contributed by atoms with E-state index < -0.39 is 5.97 Å². The summed E-state index contributed by atoms with van der Waals surface area (Å²) in [7, 11) is 0. The van der Waals surface area contributed by atoms with Crippen molar-refractivity contribution >= 4 is 11.8 Å². The molecule has 1 aromatic rings. The Morgan fingerprint density at radius 3 is 1.83 bits per heavy atom. The van der Waals surface area contributed by atoms with Gasteiger partial charge in [0.2, 0.25) is 0 Å². The molecule has 1 rings (SSSR count). The molecule has 0 aliphatic heterocycles. The Morgan fingerprint density at radius 2 is 1.28 bits per heavy atom. The van der Waals surface area contributed by atoms with Crippen LogP contribution in [0.2, 0.25) is 0 Å². The number of ketones is 1. The van der Waals surface area contributed by atoms with E-state index in [9.17, 15) is 9.59 Å². The lowest BCUT2D eigenvalue weighted by atomic mass is 10.0. The SMILES string of the molecule is CCCCCCCCCCCCCCCC=CC(=O)OCC(=O)c1ccccc1. The molecule has 162 valence electrons. The van der Waals surface area contributed by atoms with E-state index in [4.69, 9.17) is 4.74 Å². The number of allylic oxidation sites excluding steroid dienone is 1. The van der Waals surface area contributed by atoms with Gasteiger partial charge in [0.1, 0.15) is 0 Å². The van der Waals surface area contributed by atoms with Crippen LogP contribution in [-0.4, -0.2) is 18.4 Å². The number of Topliss-reactive ketones (excluding diaryl/α,β-unsaturated/α-hetero) is 1. The molecule has 0 aromatic heterocycles. The van der Waals surface area contributed by atoms with Gasteiger partial charge in [-0.05, 0) is 12.8 Å². The van der Waals surface area contributed by atoms with Crippen LogP contribution in [-0.2, 0) is 9.53 Å². The molecule has 0 radical (unpaired) electrons. The van der Waals surface area contributed by atoms with Crippen molar-refractivity contribution in [2.45, 2.75) is 96.8 Å². The lowest BCUT2D eigenvalue weighted by molar-refractivity contribution is -0.136. The molecule has 0 amide bonds. The molecule has 0 saturated carbocycles. The van der Waals surface area contributed by atoms with Crippen LogP contribution < -0.4 is 0 Å². The fourth-order valence-corrected chi connectivity index (χ4v) is 3.35. The molecule has 0 spiro atoms. The largest absolute Gasteiger partial charge is 0.454 e. The number of unbranched alkanes of at least 4 members (excludes halogenated alkanes) is 13. The molecule has 29 heavy (non-hydrogen) atoms. The first-order valence-electron chi connectivity index (χ1n) is 11.7. The van der Waals surface area contributed by atoms with Crippen molar-refractivity contribution < 1.29 is 14.3 Å². The first kappa shape index (κ1) is 25.1. The summed E-state index contributed by atoms with van der Waals surface area (Å²) in [6.45, 7) is 2.06. The highest BCUT2D eigenvalue weighted by atomic mass is 16.5. The lowest BCUT2D eigenvalue weighted by Gasteiger charge is -2.02. The molecule has 3 nitrogen and oxygen atoms in total. The maximum atomic E-state index is 11.9. The van der Waals surface area contributed by atoms with E-state index in [0.717, 1.165) is 12.8 Å². The number of carbonyl (C=O) groups excluding carboxylic acids is 2. The second kappa shape index (κ2) is 18.1. The third-order valence-electron chi connectivity index (χ3n) is 5.17. The molecule has 1 aromatic carbocycles. The predicted octanol–water partition coefficient (Wildman–Crippen LogP) is 7.45. The average Bonchev–Trinajstić information content (AvgIpc) is 2.75. The van der Waals surface area contributed by atoms with Crippen molar-refractivity contribution in [1.29, 1.82) is 0 Å². The summed E-state index contributed by atoms with van der Waals surface area (Å²) in [6.07, 6.45) is 21.6. The van der Waals surface area contributed by atoms with Crippen molar-refractivity contribution in [2.24, 2.45) is 0 Å². The number of hydrogen-bond acceptors (Lipinski definition) is 3. The topological polar surface area (TPSA) is 43.4 Å². The van der Waals surface area contributed by atoms with E-state index in [1.165, 1.54) is 83.1 Å². The molecule has 0 fully saturated rings. The standard InChI is InChI=1S/C26H40O3/c1-2-3-4-5-6-7-8-9-10-11-12-13-14-15-19-22-26(28)29-23-25(27)24-20-17-16-18-21-24/h16-22H,2-15,23H2,1H3. The van der Waals surface area contributed by atoms with Crippen molar-refractivity contribution in [3.05, 3.63) is 48.0 Å². The van der Waals surface area contributed by atoms with Crippen molar-refractivity contribution in [1.82, 2.24) is 0 Å². The Morgan fingerprint density at radius 1 is 0.759 bits per heavy atom. The molecule has 0 atom stereocenters. The number of hydrogen-bond donors (Lipinski definition) is 0. The summed E-state index contributed by atoms with van der Waals surface area (Å²) in [6, 6.07) is 8.89. The average molecular weight is 401 g/mol. The van der Waals surface area contributed by atoms with Crippen LogP contribution in [0.3, 0.4) is 0 Å². The molecule has 0 aliphatic carbocycles. The second-order valence-corrected chi connectivity index (χ2v) is 7.83. The van der Waals surface area contributed by atoms with E-state index >= 15 is 0 Å². The van der Waals surface area contributed by atoms with Gasteiger partial charge in [0.15, 0.2) is 12.4 Å². The first-order chi connectivity index (χ1) is 14.2. The van der Waals surface area contributed by atoms with Crippen LogP contribution in [0.5, 0.6) is 0 Å². The predicted molar refractivity (Wildman–Crippen MR) is 121 cm³/mol. The highest BCUT2D eigenvalue weighted by molar-refractivity contribution is 5.98. The van der Waals surface area contributed by atoms with Gasteiger partial charge in [-0.3, -0.25) is 4.79 Å². The zero-order valence-corrected chi connectivity index (χ0v) is 18.4. The maximum Gasteiger partial charge on any atom is 0.330 e. The Balaban J connectivity index is 1.88. The number of benzene rings is 1. The molecule has 0 aliphatic rings. The highest BCUT2D eigenvalue weighted by Crippen LogP contribution is 2.13. The van der Waals surface area contributed by atoms with Crippen LogP contribution in [0.1, 0.15) is 107 Å². The van der Waals surface area contributed by atoms with Gasteiger partial charge in [0.05, 0.1) is 0 Å². The second-order valence-electron chi connectivity index (χ2n) is 7.83. The summed E-state index contributed by atoms with van der Waals surface area (Å²) in [5.74, 6) is -0.618. The number of carbonyl (C=O) groups is 2. The van der Waals surface area contributed by atoms with Crippen LogP contribution >= 0.6 is 0 Å². The summed E-state index contributed by atoms with van der Waals surface area (Å²) in [5, 5.41) is 0. The summed E-state index contributed by atoms with van der Waals surface area (Å²) >= 11 is 0. The van der Waals surface area contributed by atoms with Crippen LogP contribution in [0.4, 0.5) is 0 Å². The van der Waals surface area contributed by atoms with Gasteiger partial charge in [-0.15, -0.1) is 0 Å². The third kappa shape index (κ3) is 14.7. The maximum absolute atomic E-state index is 11.9. The van der Waals surface area contributed by atoms with E-state index in [1.54, 1.807) is 24.3 Å². The number of esters is 1. The first-order valence-corrected chi connectivity index (χ1v) is 11.7. The van der Waals surface area contributed by atoms with E-state index in [-0.39, 0.29) is 12.4 Å². The third-order valence-corrected chi connectivity index (χ3v) is 5.17. The van der Waals surface area contributed by atoms with E-state index in [2.05, 4.69) is 6.92 Å². The fourth-order valence-electron chi connectivity index (χ4n) is 3.35. The van der Waals surface area contributed by atoms with Gasteiger partial charge in [0.25, 0.3) is 0 Å². The summed E-state index contributed by atoms with van der Waals surface area (Å²) in [5.41, 5.74) is 0.566. The molecule has 0 heterocycles. The molecule has 0 saturated heterocycles. The fraction of sp³-hybridized carbons (Fsp3) is 0.615. The van der Waals surface area contributed by atoms with E-state index in [1.807, 2.05) is 12.1 Å². The van der Waals surface area contributed by atoms with Gasteiger partial charge in [0, 0.05) is 11.6 Å². The minimum absolute atomic E-state index is 0.177. The molecule has 0 N–H and O–H groups in total. The Kier molecular flexibility index (Phi) is 15.7. The normalized spacial score (nSPS) is 11.1. The van der Waals surface area contributed by atoms with Crippen LogP contribution in [0.25, 0.3) is 0 Å². The quantitative estimate of drug-likeness (QED) is 0.111. The van der Waals surface area contributed by atoms with Gasteiger partial charge < -0.3 is 4.74 Å². The minimum atomic E-state index is -0.441. The van der Waals surface area contributed by atoms with E-state index in [0.29, 0.717) is 5.56 Å². The molecular weight excluding hydrogens is 360 g/mol. The Hall–Kier alpha value is -1.90. The van der Waals surface area contributed by atoms with Gasteiger partial charge in [-0.1, -0.05) is 120 Å². The lowest BCUT2D eigenvalue weighted by Crippen LogP contribution is -2.12. The van der Waals surface area contributed by atoms with Crippen molar-refractivity contribution in [2.75, 3.05) is 6.61 Å². The molecular formula is C26H40O3. The Bertz CT molecular complexity index is 563. The molecule has 3 heteroatoms.